The molecule has 1 rings (SSSR count). The van der Waals surface area contributed by atoms with Gasteiger partial charge in [-0.3, -0.25) is 10.1 Å². The molecule has 3 nitrogen and oxygen atoms in total. The van der Waals surface area contributed by atoms with Crippen LogP contribution in [0.4, 0.5) is 0 Å². The highest BCUT2D eigenvalue weighted by atomic mass is 16.6. The van der Waals surface area contributed by atoms with Gasteiger partial charge in [-0.05, 0) is 6.42 Å². The quantitative estimate of drug-likeness (QED) is 0.388. The van der Waals surface area contributed by atoms with Crippen molar-refractivity contribution in [3.05, 3.63) is 40.5 Å². The Hall–Kier alpha value is -1.12. The van der Waals surface area contributed by atoms with E-state index in [0.717, 1.165) is 0 Å². The van der Waals surface area contributed by atoms with Crippen LogP contribution < -0.4 is 0 Å². The molecule has 0 heterocycles. The molecule has 0 aromatic heterocycles. The van der Waals surface area contributed by atoms with Crippen LogP contribution in [0.3, 0.4) is 0 Å². The zero-order valence-corrected chi connectivity index (χ0v) is 4.70. The molecule has 1 aliphatic rings. The summed E-state index contributed by atoms with van der Waals surface area (Å²) in [7, 11) is 0. The molecule has 0 N–H and O–H groups in total. The minimum absolute atomic E-state index is 0.0671. The van der Waals surface area contributed by atoms with Crippen LogP contribution in [0.2, 0.25) is 0 Å². The van der Waals surface area contributed by atoms with Gasteiger partial charge < -0.3 is 0 Å². The van der Waals surface area contributed by atoms with Crippen molar-refractivity contribution in [2.75, 3.05) is 0 Å². The van der Waals surface area contributed by atoms with E-state index in [4.69, 9.17) is 0 Å². The third kappa shape index (κ3) is 1.38. The van der Waals surface area contributed by atoms with E-state index >= 15 is 0 Å². The van der Waals surface area contributed by atoms with Gasteiger partial charge in [0.2, 0.25) is 0 Å². The maximum atomic E-state index is 10.00. The van der Waals surface area contributed by atoms with E-state index in [1.165, 1.54) is 6.08 Å². The maximum Gasteiger partial charge on any atom is 0.255 e. The number of hydrogen-bond acceptors (Lipinski definition) is 2. The summed E-state index contributed by atoms with van der Waals surface area (Å²) in [6.45, 7) is 0. The highest BCUT2D eigenvalue weighted by Gasteiger charge is 2.10. The van der Waals surface area contributed by atoms with Gasteiger partial charge >= 0.3 is 0 Å². The van der Waals surface area contributed by atoms with Crippen molar-refractivity contribution in [2.24, 2.45) is 0 Å². The van der Waals surface area contributed by atoms with Crippen LogP contribution in [0.25, 0.3) is 0 Å². The third-order valence-corrected chi connectivity index (χ3v) is 0.988. The van der Waals surface area contributed by atoms with Crippen molar-refractivity contribution in [1.82, 2.24) is 0 Å². The summed E-state index contributed by atoms with van der Waals surface area (Å²) in [6, 6.07) is 0. The van der Waals surface area contributed by atoms with E-state index < -0.39 is 4.92 Å². The van der Waals surface area contributed by atoms with Crippen LogP contribution >= 0.6 is 0 Å². The molecule has 0 saturated carbocycles. The second-order valence-corrected chi connectivity index (χ2v) is 1.62. The fourth-order valence-electron chi connectivity index (χ4n) is 0.575. The Labute approximate surface area is 52.8 Å². The molecule has 0 aromatic carbocycles. The van der Waals surface area contributed by atoms with E-state index in [2.05, 4.69) is 6.42 Å². The molecule has 0 unspecified atom stereocenters. The van der Waals surface area contributed by atoms with Crippen LogP contribution in [0.5, 0.6) is 0 Å². The molecule has 0 amide bonds. The average molecular weight is 123 g/mol. The first kappa shape index (κ1) is 6.01. The molecule has 0 fully saturated rings. The molecule has 0 aliphatic heterocycles. The van der Waals surface area contributed by atoms with Crippen molar-refractivity contribution >= 4 is 0 Å². The van der Waals surface area contributed by atoms with Crippen LogP contribution in [-0.2, 0) is 0 Å². The normalized spacial score (nSPS) is 17.1. The van der Waals surface area contributed by atoms with Gasteiger partial charge in [0.15, 0.2) is 0 Å². The van der Waals surface area contributed by atoms with Gasteiger partial charge in [0.05, 0.1) is 11.3 Å². The number of hydrogen-bond donors (Lipinski definition) is 0. The molecule has 0 saturated heterocycles. The summed E-state index contributed by atoms with van der Waals surface area (Å²) in [6.07, 6.45) is 8.05. The molecule has 0 bridgehead atoms. The van der Waals surface area contributed by atoms with Crippen molar-refractivity contribution < 1.29 is 4.92 Å². The van der Waals surface area contributed by atoms with Gasteiger partial charge in [-0.2, -0.15) is 0 Å². The van der Waals surface area contributed by atoms with Gasteiger partial charge in [-0.1, -0.05) is 12.2 Å². The van der Waals surface area contributed by atoms with Gasteiger partial charge in [0.1, 0.15) is 0 Å². The number of nitro groups is 1. The fraction of sp³-hybridized carbons (Fsp3) is 0.167. The zero-order chi connectivity index (χ0) is 6.69. The lowest BCUT2D eigenvalue weighted by molar-refractivity contribution is -0.421. The molecule has 0 atom stereocenters. The molecule has 1 aliphatic carbocycles. The van der Waals surface area contributed by atoms with E-state index in [1.807, 2.05) is 6.08 Å². The van der Waals surface area contributed by atoms with E-state index in [9.17, 15) is 10.1 Å². The standard InChI is InChI=1S/C6H5NO2/c8-7(9)6-4-2-1-3-5-6/h1-2,4H,3H2. The van der Waals surface area contributed by atoms with Gasteiger partial charge in [-0.15, -0.1) is 0 Å². The van der Waals surface area contributed by atoms with Crippen LogP contribution in [0.1, 0.15) is 6.42 Å². The lowest BCUT2D eigenvalue weighted by Gasteiger charge is -1.95. The molecule has 0 spiro atoms. The van der Waals surface area contributed by atoms with E-state index in [-0.39, 0.29) is 5.70 Å². The summed E-state index contributed by atoms with van der Waals surface area (Å²) in [5.74, 6) is 0. The highest BCUT2D eigenvalue weighted by molar-refractivity contribution is 5.20. The number of nitrogens with zero attached hydrogens (tertiary/aromatic N) is 1. The van der Waals surface area contributed by atoms with Crippen molar-refractivity contribution in [2.45, 2.75) is 6.42 Å². The first-order valence-corrected chi connectivity index (χ1v) is 2.56. The Morgan fingerprint density at radius 3 is 2.89 bits per heavy atom. The number of rotatable bonds is 1. The second-order valence-electron chi connectivity index (χ2n) is 1.62. The Morgan fingerprint density at radius 2 is 2.56 bits per heavy atom. The summed E-state index contributed by atoms with van der Waals surface area (Å²) >= 11 is 0. The SMILES string of the molecule is O=[N+]([O-])C1=CC=CC[C]1. The highest BCUT2D eigenvalue weighted by Crippen LogP contribution is 2.09. The molecule has 2 radical (unpaired) electrons. The van der Waals surface area contributed by atoms with Gasteiger partial charge in [0.25, 0.3) is 5.70 Å². The summed E-state index contributed by atoms with van der Waals surface area (Å²) in [4.78, 5) is 9.55. The summed E-state index contributed by atoms with van der Waals surface area (Å²) in [5, 5.41) is 10.00. The predicted molar refractivity (Wildman–Crippen MR) is 32.1 cm³/mol. The molecule has 3 heteroatoms. The number of allylic oxidation sites excluding steroid dienone is 4. The topological polar surface area (TPSA) is 43.1 Å². The lowest BCUT2D eigenvalue weighted by atomic mass is 10.1. The van der Waals surface area contributed by atoms with Crippen molar-refractivity contribution in [1.29, 1.82) is 0 Å². The fourth-order valence-corrected chi connectivity index (χ4v) is 0.575. The summed E-state index contributed by atoms with van der Waals surface area (Å²) < 4.78 is 0. The average Bonchev–Trinajstić information content (AvgIpc) is 1.90. The minimum Gasteiger partial charge on any atom is -0.259 e. The minimum atomic E-state index is -0.441. The molecular formula is C6H5NO2. The Bertz CT molecular complexity index is 181. The zero-order valence-electron chi connectivity index (χ0n) is 4.70. The van der Waals surface area contributed by atoms with Crippen LogP contribution in [0.15, 0.2) is 23.9 Å². The largest absolute Gasteiger partial charge is 0.259 e. The Balaban J connectivity index is 2.68. The summed E-state index contributed by atoms with van der Waals surface area (Å²) in [5.41, 5.74) is 0.0671. The molecule has 9 heavy (non-hydrogen) atoms. The predicted octanol–water partition coefficient (Wildman–Crippen LogP) is 1.19. The first-order valence-electron chi connectivity index (χ1n) is 2.56. The smallest absolute Gasteiger partial charge is 0.255 e. The van der Waals surface area contributed by atoms with Crippen LogP contribution in [-0.4, -0.2) is 4.92 Å². The first-order chi connectivity index (χ1) is 4.30. The van der Waals surface area contributed by atoms with Crippen molar-refractivity contribution in [3.8, 4) is 0 Å². The third-order valence-electron chi connectivity index (χ3n) is 0.988. The lowest BCUT2D eigenvalue weighted by Crippen LogP contribution is -2.00. The van der Waals surface area contributed by atoms with E-state index in [0.29, 0.717) is 6.42 Å². The van der Waals surface area contributed by atoms with Crippen molar-refractivity contribution in [3.63, 3.8) is 0 Å². The Morgan fingerprint density at radius 1 is 1.78 bits per heavy atom. The Kier molecular flexibility index (Phi) is 1.63. The molecule has 0 aromatic rings. The van der Waals surface area contributed by atoms with Crippen LogP contribution in [0, 0.1) is 16.5 Å². The maximum absolute atomic E-state index is 10.00. The van der Waals surface area contributed by atoms with Gasteiger partial charge in [0, 0.05) is 6.08 Å². The molecular weight excluding hydrogens is 118 g/mol. The second kappa shape index (κ2) is 2.44. The molecule has 46 valence electrons. The van der Waals surface area contributed by atoms with E-state index in [1.54, 1.807) is 6.08 Å². The van der Waals surface area contributed by atoms with Gasteiger partial charge in [-0.25, -0.2) is 0 Å². The monoisotopic (exact) mass is 123 g/mol.